The molecular weight excluding hydrogens is 232 g/mol. The van der Waals surface area contributed by atoms with Gasteiger partial charge >= 0.3 is 0 Å². The highest BCUT2D eigenvalue weighted by Gasteiger charge is 2.35. The van der Waals surface area contributed by atoms with E-state index < -0.39 is 11.6 Å². The topological polar surface area (TPSA) is 64.3 Å². The lowest BCUT2D eigenvalue weighted by molar-refractivity contribution is 0.0813. The number of carbonyl (C=O) groups excluding carboxylic acids is 3. The fourth-order valence-electron chi connectivity index (χ4n) is 2.16. The molecule has 0 fully saturated rings. The van der Waals surface area contributed by atoms with Gasteiger partial charge in [-0.05, 0) is 6.92 Å². The minimum atomic E-state index is -0.678. The molecule has 1 aromatic heterocycles. The Morgan fingerprint density at radius 3 is 2.39 bits per heavy atom. The van der Waals surface area contributed by atoms with Crippen molar-refractivity contribution in [2.24, 2.45) is 0 Å². The standard InChI is InChI=1S/C14H8O4/c1-7(15)10-6-18-14-9-5-3-2-4-8(9)12(16)13(17)11(10)14/h2-6H,1H3. The van der Waals surface area contributed by atoms with Gasteiger partial charge < -0.3 is 4.42 Å². The molecule has 0 N–H and O–H groups in total. The van der Waals surface area contributed by atoms with Crippen LogP contribution in [0.15, 0.2) is 34.9 Å². The number of fused-ring (bicyclic) bond motifs is 3. The number of benzene rings is 1. The summed E-state index contributed by atoms with van der Waals surface area (Å²) < 4.78 is 5.30. The zero-order valence-electron chi connectivity index (χ0n) is 9.52. The summed E-state index contributed by atoms with van der Waals surface area (Å²) in [5, 5.41) is 0. The zero-order chi connectivity index (χ0) is 12.9. The maximum Gasteiger partial charge on any atom is 0.238 e. The van der Waals surface area contributed by atoms with Crippen molar-refractivity contribution >= 4 is 17.3 Å². The van der Waals surface area contributed by atoms with Crippen molar-refractivity contribution in [3.8, 4) is 11.3 Å². The van der Waals surface area contributed by atoms with Crippen molar-refractivity contribution in [1.82, 2.24) is 0 Å². The van der Waals surface area contributed by atoms with Gasteiger partial charge in [-0.3, -0.25) is 14.4 Å². The van der Waals surface area contributed by atoms with E-state index in [0.717, 1.165) is 0 Å². The summed E-state index contributed by atoms with van der Waals surface area (Å²) in [7, 11) is 0. The van der Waals surface area contributed by atoms with E-state index >= 15 is 0 Å². The molecule has 0 atom stereocenters. The maximum absolute atomic E-state index is 12.0. The Hall–Kier alpha value is -2.49. The normalized spacial score (nSPS) is 13.2. The van der Waals surface area contributed by atoms with E-state index in [0.29, 0.717) is 16.9 Å². The minimum Gasteiger partial charge on any atom is -0.463 e. The lowest BCUT2D eigenvalue weighted by Gasteiger charge is -2.13. The molecule has 0 amide bonds. The van der Waals surface area contributed by atoms with Crippen LogP contribution in [-0.2, 0) is 0 Å². The van der Waals surface area contributed by atoms with Crippen LogP contribution in [0, 0.1) is 0 Å². The second-order valence-corrected chi connectivity index (χ2v) is 4.11. The molecule has 0 aliphatic heterocycles. The van der Waals surface area contributed by atoms with Crippen LogP contribution in [0.2, 0.25) is 0 Å². The number of hydrogen-bond acceptors (Lipinski definition) is 4. The maximum atomic E-state index is 12.0. The smallest absolute Gasteiger partial charge is 0.238 e. The van der Waals surface area contributed by atoms with Gasteiger partial charge in [0.1, 0.15) is 12.0 Å². The van der Waals surface area contributed by atoms with Gasteiger partial charge in [0.25, 0.3) is 0 Å². The molecule has 88 valence electrons. The van der Waals surface area contributed by atoms with Crippen LogP contribution in [0.1, 0.15) is 38.0 Å². The quantitative estimate of drug-likeness (QED) is 0.567. The Bertz CT molecular complexity index is 706. The first kappa shape index (κ1) is 10.7. The van der Waals surface area contributed by atoms with Gasteiger partial charge in [-0.1, -0.05) is 24.3 Å². The Morgan fingerprint density at radius 1 is 1.06 bits per heavy atom. The van der Waals surface area contributed by atoms with Crippen molar-refractivity contribution in [2.45, 2.75) is 6.92 Å². The fraction of sp³-hybridized carbons (Fsp3) is 0.0714. The highest BCUT2D eigenvalue weighted by Crippen LogP contribution is 2.36. The molecule has 0 saturated heterocycles. The van der Waals surface area contributed by atoms with Crippen LogP contribution in [0.5, 0.6) is 0 Å². The first-order valence-electron chi connectivity index (χ1n) is 5.42. The van der Waals surface area contributed by atoms with Gasteiger partial charge in [0, 0.05) is 11.1 Å². The molecule has 1 aromatic carbocycles. The molecule has 3 rings (SSSR count). The van der Waals surface area contributed by atoms with Crippen molar-refractivity contribution in [1.29, 1.82) is 0 Å². The number of carbonyl (C=O) groups is 3. The second kappa shape index (κ2) is 3.50. The van der Waals surface area contributed by atoms with E-state index in [1.807, 2.05) is 0 Å². The third-order valence-corrected chi connectivity index (χ3v) is 3.02. The molecule has 18 heavy (non-hydrogen) atoms. The Kier molecular flexibility index (Phi) is 2.07. The third kappa shape index (κ3) is 1.23. The van der Waals surface area contributed by atoms with E-state index in [1.165, 1.54) is 13.2 Å². The lowest BCUT2D eigenvalue weighted by atomic mass is 9.86. The highest BCUT2D eigenvalue weighted by molar-refractivity contribution is 6.53. The monoisotopic (exact) mass is 240 g/mol. The van der Waals surface area contributed by atoms with Gasteiger partial charge in [-0.15, -0.1) is 0 Å². The highest BCUT2D eigenvalue weighted by atomic mass is 16.3. The van der Waals surface area contributed by atoms with E-state index in [1.54, 1.807) is 24.3 Å². The molecule has 4 heteroatoms. The summed E-state index contributed by atoms with van der Waals surface area (Å²) in [4.78, 5) is 35.4. The lowest BCUT2D eigenvalue weighted by Crippen LogP contribution is -2.21. The molecular formula is C14H8O4. The molecule has 0 spiro atoms. The van der Waals surface area contributed by atoms with Crippen LogP contribution in [-0.4, -0.2) is 17.3 Å². The van der Waals surface area contributed by atoms with Gasteiger partial charge in [0.05, 0.1) is 11.1 Å². The number of rotatable bonds is 1. The van der Waals surface area contributed by atoms with Crippen LogP contribution in [0.4, 0.5) is 0 Å². The Labute approximate surface area is 102 Å². The van der Waals surface area contributed by atoms with Crippen molar-refractivity contribution in [3.05, 3.63) is 47.2 Å². The molecule has 4 nitrogen and oxygen atoms in total. The third-order valence-electron chi connectivity index (χ3n) is 3.02. The van der Waals surface area contributed by atoms with Crippen LogP contribution < -0.4 is 0 Å². The second-order valence-electron chi connectivity index (χ2n) is 4.11. The van der Waals surface area contributed by atoms with E-state index in [2.05, 4.69) is 0 Å². The zero-order valence-corrected chi connectivity index (χ0v) is 9.52. The predicted octanol–water partition coefficient (Wildman–Crippen LogP) is 2.53. The molecule has 1 aliphatic rings. The summed E-state index contributed by atoms with van der Waals surface area (Å²) in [5.74, 6) is -1.26. The number of Topliss-reactive ketones (excluding diaryl/α,β-unsaturated/α-hetero) is 3. The van der Waals surface area contributed by atoms with Gasteiger partial charge in [-0.25, -0.2) is 0 Å². The minimum absolute atomic E-state index is 0.0891. The van der Waals surface area contributed by atoms with Crippen molar-refractivity contribution in [3.63, 3.8) is 0 Å². The Balaban J connectivity index is 2.38. The SMILES string of the molecule is CC(=O)c1coc2c1C(=O)C(=O)c1ccccc1-2. The Morgan fingerprint density at radius 2 is 1.72 bits per heavy atom. The van der Waals surface area contributed by atoms with Crippen LogP contribution in [0.3, 0.4) is 0 Å². The number of furan rings is 1. The van der Waals surface area contributed by atoms with E-state index in [4.69, 9.17) is 4.42 Å². The summed E-state index contributed by atoms with van der Waals surface area (Å²) in [6.07, 6.45) is 1.24. The fourth-order valence-corrected chi connectivity index (χ4v) is 2.16. The largest absolute Gasteiger partial charge is 0.463 e. The summed E-state index contributed by atoms with van der Waals surface area (Å²) in [6.45, 7) is 1.34. The predicted molar refractivity (Wildman–Crippen MR) is 62.8 cm³/mol. The van der Waals surface area contributed by atoms with Crippen LogP contribution in [0.25, 0.3) is 11.3 Å². The van der Waals surface area contributed by atoms with E-state index in [-0.39, 0.29) is 16.9 Å². The number of ketones is 3. The van der Waals surface area contributed by atoms with Gasteiger partial charge in [0.2, 0.25) is 11.6 Å². The molecule has 0 unspecified atom stereocenters. The molecule has 2 aromatic rings. The molecule has 1 aliphatic carbocycles. The van der Waals surface area contributed by atoms with Crippen molar-refractivity contribution < 1.29 is 18.8 Å². The summed E-state index contributed by atoms with van der Waals surface area (Å²) in [5.41, 5.74) is 1.13. The van der Waals surface area contributed by atoms with Gasteiger partial charge in [-0.2, -0.15) is 0 Å². The first-order chi connectivity index (χ1) is 8.61. The number of hydrogen-bond donors (Lipinski definition) is 0. The average Bonchev–Trinajstić information content (AvgIpc) is 2.81. The molecule has 1 heterocycles. The van der Waals surface area contributed by atoms with Gasteiger partial charge in [0.15, 0.2) is 5.78 Å². The molecule has 0 radical (unpaired) electrons. The average molecular weight is 240 g/mol. The molecule has 0 bridgehead atoms. The van der Waals surface area contributed by atoms with Crippen molar-refractivity contribution in [2.75, 3.05) is 0 Å². The van der Waals surface area contributed by atoms with Crippen LogP contribution >= 0.6 is 0 Å². The van der Waals surface area contributed by atoms with E-state index in [9.17, 15) is 14.4 Å². The first-order valence-corrected chi connectivity index (χ1v) is 5.42. The molecule has 0 saturated carbocycles. The summed E-state index contributed by atoms with van der Waals surface area (Å²) >= 11 is 0. The summed E-state index contributed by atoms with van der Waals surface area (Å²) in [6, 6.07) is 6.71.